The summed E-state index contributed by atoms with van der Waals surface area (Å²) < 4.78 is 10.9. The third-order valence-corrected chi connectivity index (χ3v) is 4.27. The Morgan fingerprint density at radius 2 is 1.91 bits per heavy atom. The zero-order chi connectivity index (χ0) is 15.5. The second kappa shape index (κ2) is 6.48. The molecule has 2 saturated carbocycles. The Bertz CT molecular complexity index is 568. The molecule has 118 valence electrons. The quantitative estimate of drug-likeness (QED) is 0.850. The first kappa shape index (κ1) is 15.0. The molecule has 0 radical (unpaired) electrons. The smallest absolute Gasteiger partial charge is 0.338 e. The lowest BCUT2D eigenvalue weighted by atomic mass is 10.2. The highest BCUT2D eigenvalue weighted by molar-refractivity contribution is 5.96. The summed E-state index contributed by atoms with van der Waals surface area (Å²) in [5.74, 6) is -0.200. The van der Waals surface area contributed by atoms with E-state index in [1.807, 2.05) is 0 Å². The van der Waals surface area contributed by atoms with E-state index in [0.29, 0.717) is 11.3 Å². The van der Waals surface area contributed by atoms with Crippen LogP contribution < -0.4 is 5.32 Å². The number of amides is 1. The number of nitrogens with one attached hydrogen (secondary N) is 1. The zero-order valence-corrected chi connectivity index (χ0v) is 12.7. The van der Waals surface area contributed by atoms with Crippen molar-refractivity contribution in [3.05, 3.63) is 29.8 Å². The molecule has 5 nitrogen and oxygen atoms in total. The third kappa shape index (κ3) is 3.47. The van der Waals surface area contributed by atoms with Crippen LogP contribution in [0, 0.1) is 5.92 Å². The topological polar surface area (TPSA) is 64.6 Å². The van der Waals surface area contributed by atoms with Gasteiger partial charge in [0, 0.05) is 18.7 Å². The number of hydrogen-bond acceptors (Lipinski definition) is 4. The lowest BCUT2D eigenvalue weighted by Gasteiger charge is -2.18. The molecule has 5 heteroatoms. The number of carbonyl (C=O) groups excluding carboxylic acids is 2. The minimum Gasteiger partial charge on any atom is -0.456 e. The first-order valence-electron chi connectivity index (χ1n) is 7.82. The van der Waals surface area contributed by atoms with Crippen molar-refractivity contribution in [1.29, 1.82) is 0 Å². The molecule has 2 unspecified atom stereocenters. The molecule has 0 spiro atoms. The average Bonchev–Trinajstić information content (AvgIpc) is 3.28. The number of methoxy groups -OCH3 is 1. The molecule has 1 aromatic rings. The van der Waals surface area contributed by atoms with Gasteiger partial charge in [0.2, 0.25) is 5.91 Å². The Labute approximate surface area is 130 Å². The van der Waals surface area contributed by atoms with E-state index in [4.69, 9.17) is 9.47 Å². The number of carbonyl (C=O) groups is 2. The summed E-state index contributed by atoms with van der Waals surface area (Å²) in [6.07, 6.45) is 4.48. The van der Waals surface area contributed by atoms with Crippen molar-refractivity contribution < 1.29 is 19.1 Å². The van der Waals surface area contributed by atoms with E-state index >= 15 is 0 Å². The number of hydrogen-bond donors (Lipinski definition) is 1. The third-order valence-electron chi connectivity index (χ3n) is 4.27. The van der Waals surface area contributed by atoms with Crippen LogP contribution in [-0.4, -0.2) is 31.2 Å². The SMILES string of the molecule is COC1CCCC1OC(=O)c1cccc(NC(=O)C2CC2)c1. The zero-order valence-electron chi connectivity index (χ0n) is 12.7. The summed E-state index contributed by atoms with van der Waals surface area (Å²) in [7, 11) is 1.64. The Kier molecular flexibility index (Phi) is 4.43. The maximum Gasteiger partial charge on any atom is 0.338 e. The molecule has 2 fully saturated rings. The average molecular weight is 303 g/mol. The first-order chi connectivity index (χ1) is 10.7. The number of esters is 1. The maximum absolute atomic E-state index is 12.3. The van der Waals surface area contributed by atoms with Gasteiger partial charge in [0.25, 0.3) is 0 Å². The molecular weight excluding hydrogens is 282 g/mol. The monoisotopic (exact) mass is 303 g/mol. The molecule has 1 N–H and O–H groups in total. The molecule has 22 heavy (non-hydrogen) atoms. The van der Waals surface area contributed by atoms with Crippen molar-refractivity contribution in [2.24, 2.45) is 5.92 Å². The van der Waals surface area contributed by atoms with E-state index < -0.39 is 0 Å². The molecule has 0 bridgehead atoms. The van der Waals surface area contributed by atoms with Crippen LogP contribution in [0.15, 0.2) is 24.3 Å². The van der Waals surface area contributed by atoms with Gasteiger partial charge in [-0.25, -0.2) is 4.79 Å². The van der Waals surface area contributed by atoms with Crippen LogP contribution in [0.1, 0.15) is 42.5 Å². The maximum atomic E-state index is 12.3. The molecule has 0 aromatic heterocycles. The van der Waals surface area contributed by atoms with E-state index in [0.717, 1.165) is 32.1 Å². The lowest BCUT2D eigenvalue weighted by molar-refractivity contribution is -0.117. The molecule has 0 saturated heterocycles. The molecule has 1 amide bonds. The van der Waals surface area contributed by atoms with Crippen LogP contribution in [0.3, 0.4) is 0 Å². The molecule has 2 aliphatic carbocycles. The molecule has 3 rings (SSSR count). The number of rotatable bonds is 5. The molecule has 1 aromatic carbocycles. The molecule has 2 atom stereocenters. The normalized spacial score (nSPS) is 24.0. The van der Waals surface area contributed by atoms with Crippen LogP contribution in [0.4, 0.5) is 5.69 Å². The highest BCUT2D eigenvalue weighted by Crippen LogP contribution is 2.30. The molecule has 0 heterocycles. The van der Waals surface area contributed by atoms with E-state index in [2.05, 4.69) is 5.32 Å². The highest BCUT2D eigenvalue weighted by atomic mass is 16.6. The largest absolute Gasteiger partial charge is 0.456 e. The highest BCUT2D eigenvalue weighted by Gasteiger charge is 2.31. The van der Waals surface area contributed by atoms with E-state index in [9.17, 15) is 9.59 Å². The van der Waals surface area contributed by atoms with Gasteiger partial charge >= 0.3 is 5.97 Å². The number of anilines is 1. The fourth-order valence-electron chi connectivity index (χ4n) is 2.82. The van der Waals surface area contributed by atoms with Crippen molar-refractivity contribution >= 4 is 17.6 Å². The van der Waals surface area contributed by atoms with Gasteiger partial charge in [0.05, 0.1) is 11.7 Å². The molecule has 2 aliphatic rings. The van der Waals surface area contributed by atoms with Gasteiger partial charge in [0.15, 0.2) is 0 Å². The Hall–Kier alpha value is -1.88. The summed E-state index contributed by atoms with van der Waals surface area (Å²) in [6, 6.07) is 6.90. The number of ether oxygens (including phenoxy) is 2. The predicted molar refractivity (Wildman–Crippen MR) is 81.6 cm³/mol. The Morgan fingerprint density at radius 3 is 2.64 bits per heavy atom. The van der Waals surface area contributed by atoms with Gasteiger partial charge in [-0.15, -0.1) is 0 Å². The van der Waals surface area contributed by atoms with E-state index in [1.165, 1.54) is 0 Å². The van der Waals surface area contributed by atoms with Gasteiger partial charge in [-0.3, -0.25) is 4.79 Å². The Balaban J connectivity index is 1.63. The fraction of sp³-hybridized carbons (Fsp3) is 0.529. The van der Waals surface area contributed by atoms with Gasteiger partial charge < -0.3 is 14.8 Å². The summed E-state index contributed by atoms with van der Waals surface area (Å²) in [4.78, 5) is 24.0. The van der Waals surface area contributed by atoms with Crippen LogP contribution in [0.25, 0.3) is 0 Å². The van der Waals surface area contributed by atoms with Crippen LogP contribution in [0.5, 0.6) is 0 Å². The van der Waals surface area contributed by atoms with Crippen molar-refractivity contribution in [2.75, 3.05) is 12.4 Å². The van der Waals surface area contributed by atoms with Gasteiger partial charge in [0.1, 0.15) is 6.10 Å². The van der Waals surface area contributed by atoms with Crippen LogP contribution in [-0.2, 0) is 14.3 Å². The lowest BCUT2D eigenvalue weighted by Crippen LogP contribution is -2.27. The van der Waals surface area contributed by atoms with Gasteiger partial charge in [-0.2, -0.15) is 0 Å². The van der Waals surface area contributed by atoms with E-state index in [1.54, 1.807) is 31.4 Å². The van der Waals surface area contributed by atoms with Gasteiger partial charge in [-0.1, -0.05) is 6.07 Å². The summed E-state index contributed by atoms with van der Waals surface area (Å²) in [6.45, 7) is 0. The first-order valence-corrected chi connectivity index (χ1v) is 7.82. The Morgan fingerprint density at radius 1 is 1.14 bits per heavy atom. The van der Waals surface area contributed by atoms with Crippen molar-refractivity contribution in [3.8, 4) is 0 Å². The second-order valence-electron chi connectivity index (χ2n) is 5.99. The van der Waals surface area contributed by atoms with E-state index in [-0.39, 0.29) is 30.0 Å². The minimum atomic E-state index is -0.364. The van der Waals surface area contributed by atoms with Crippen molar-refractivity contribution in [2.45, 2.75) is 44.3 Å². The predicted octanol–water partition coefficient (Wildman–Crippen LogP) is 2.76. The fourth-order valence-corrected chi connectivity index (χ4v) is 2.82. The van der Waals surface area contributed by atoms with Gasteiger partial charge in [-0.05, 0) is 50.3 Å². The second-order valence-corrected chi connectivity index (χ2v) is 5.99. The summed E-state index contributed by atoms with van der Waals surface area (Å²) in [5.41, 5.74) is 1.09. The summed E-state index contributed by atoms with van der Waals surface area (Å²) in [5, 5.41) is 2.84. The molecular formula is C17H21NO4. The van der Waals surface area contributed by atoms with Crippen LogP contribution in [0.2, 0.25) is 0 Å². The standard InChI is InChI=1S/C17H21NO4/c1-21-14-6-3-7-15(14)22-17(20)12-4-2-5-13(10-12)18-16(19)11-8-9-11/h2,4-5,10-11,14-15H,3,6-9H2,1H3,(H,18,19). The summed E-state index contributed by atoms with van der Waals surface area (Å²) >= 11 is 0. The van der Waals surface area contributed by atoms with Crippen molar-refractivity contribution in [1.82, 2.24) is 0 Å². The minimum absolute atomic E-state index is 0.0123. The van der Waals surface area contributed by atoms with Crippen molar-refractivity contribution in [3.63, 3.8) is 0 Å². The van der Waals surface area contributed by atoms with Crippen LogP contribution >= 0.6 is 0 Å². The number of benzene rings is 1. The molecule has 0 aliphatic heterocycles.